The Balaban J connectivity index is 2.00. The normalized spacial score (nSPS) is 16.6. The third-order valence-electron chi connectivity index (χ3n) is 3.06. The van der Waals surface area contributed by atoms with Crippen molar-refractivity contribution in [3.63, 3.8) is 0 Å². The van der Waals surface area contributed by atoms with Gasteiger partial charge in [-0.15, -0.1) is 11.6 Å². The quantitative estimate of drug-likeness (QED) is 0.813. The van der Waals surface area contributed by atoms with Crippen molar-refractivity contribution in [1.82, 2.24) is 5.32 Å². The van der Waals surface area contributed by atoms with Crippen molar-refractivity contribution in [2.24, 2.45) is 5.41 Å². The molecule has 92 valence electrons. The summed E-state index contributed by atoms with van der Waals surface area (Å²) in [6, 6.07) is 3.47. The van der Waals surface area contributed by atoms with E-state index in [0.29, 0.717) is 12.4 Å². The molecule has 17 heavy (non-hydrogen) atoms. The van der Waals surface area contributed by atoms with Gasteiger partial charge in [-0.2, -0.15) is 0 Å². The lowest BCUT2D eigenvalue weighted by atomic mass is 10.1. The SMILES string of the molecule is O=C(NCC1(CCl)CC1)c1ccc(O)cc1F. The van der Waals surface area contributed by atoms with Gasteiger partial charge in [-0.05, 0) is 25.0 Å². The van der Waals surface area contributed by atoms with E-state index in [-0.39, 0.29) is 16.7 Å². The highest BCUT2D eigenvalue weighted by atomic mass is 35.5. The maximum absolute atomic E-state index is 13.4. The van der Waals surface area contributed by atoms with Gasteiger partial charge in [0, 0.05) is 23.9 Å². The van der Waals surface area contributed by atoms with Crippen LogP contribution >= 0.6 is 11.6 Å². The minimum Gasteiger partial charge on any atom is -0.508 e. The maximum Gasteiger partial charge on any atom is 0.254 e. The van der Waals surface area contributed by atoms with Gasteiger partial charge in [0.2, 0.25) is 0 Å². The summed E-state index contributed by atoms with van der Waals surface area (Å²) in [5.41, 5.74) is -0.0573. The summed E-state index contributed by atoms with van der Waals surface area (Å²) in [7, 11) is 0. The predicted octanol–water partition coefficient (Wildman–Crippen LogP) is 2.28. The topological polar surface area (TPSA) is 49.3 Å². The molecular formula is C12H13ClFNO2. The molecule has 0 saturated heterocycles. The van der Waals surface area contributed by atoms with Crippen molar-refractivity contribution >= 4 is 17.5 Å². The number of hydrogen-bond acceptors (Lipinski definition) is 2. The zero-order chi connectivity index (χ0) is 12.5. The highest BCUT2D eigenvalue weighted by molar-refractivity contribution is 6.18. The number of carbonyl (C=O) groups is 1. The number of hydrogen-bond donors (Lipinski definition) is 2. The van der Waals surface area contributed by atoms with E-state index in [1.807, 2.05) is 0 Å². The Morgan fingerprint density at radius 3 is 2.76 bits per heavy atom. The number of benzene rings is 1. The number of phenols is 1. The van der Waals surface area contributed by atoms with Crippen LogP contribution in [-0.2, 0) is 0 Å². The number of phenolic OH excluding ortho intramolecular Hbond substituents is 1. The summed E-state index contributed by atoms with van der Waals surface area (Å²) in [6.07, 6.45) is 1.99. The second-order valence-corrected chi connectivity index (χ2v) is 4.75. The lowest BCUT2D eigenvalue weighted by Gasteiger charge is -2.12. The molecule has 1 aliphatic rings. The molecule has 0 unspecified atom stereocenters. The van der Waals surface area contributed by atoms with Gasteiger partial charge < -0.3 is 10.4 Å². The van der Waals surface area contributed by atoms with E-state index in [2.05, 4.69) is 5.32 Å². The largest absolute Gasteiger partial charge is 0.508 e. The Bertz CT molecular complexity index is 446. The van der Waals surface area contributed by atoms with Gasteiger partial charge in [-0.25, -0.2) is 4.39 Å². The number of rotatable bonds is 4. The fourth-order valence-electron chi connectivity index (χ4n) is 1.59. The minimum absolute atomic E-state index is 0.00457. The van der Waals surface area contributed by atoms with Crippen LogP contribution in [0.15, 0.2) is 18.2 Å². The van der Waals surface area contributed by atoms with E-state index in [9.17, 15) is 9.18 Å². The van der Waals surface area contributed by atoms with Gasteiger partial charge in [0.05, 0.1) is 5.56 Å². The van der Waals surface area contributed by atoms with Crippen LogP contribution in [0.5, 0.6) is 5.75 Å². The summed E-state index contributed by atoms with van der Waals surface area (Å²) in [5, 5.41) is 11.7. The molecule has 1 aliphatic carbocycles. The fourth-order valence-corrected chi connectivity index (χ4v) is 1.95. The van der Waals surface area contributed by atoms with Crippen LogP contribution in [0.25, 0.3) is 0 Å². The van der Waals surface area contributed by atoms with E-state index >= 15 is 0 Å². The second-order valence-electron chi connectivity index (χ2n) is 4.48. The molecule has 0 spiro atoms. The summed E-state index contributed by atoms with van der Waals surface area (Å²) < 4.78 is 13.4. The number of alkyl halides is 1. The van der Waals surface area contributed by atoms with Crippen molar-refractivity contribution in [1.29, 1.82) is 0 Å². The zero-order valence-electron chi connectivity index (χ0n) is 9.17. The Hall–Kier alpha value is -1.29. The molecular weight excluding hydrogens is 245 g/mol. The fraction of sp³-hybridized carbons (Fsp3) is 0.417. The summed E-state index contributed by atoms with van der Waals surface area (Å²) in [4.78, 5) is 11.7. The van der Waals surface area contributed by atoms with Gasteiger partial charge in [-0.1, -0.05) is 0 Å². The molecule has 0 bridgehead atoms. The molecule has 0 radical (unpaired) electrons. The lowest BCUT2D eigenvalue weighted by Crippen LogP contribution is -2.31. The standard InChI is InChI=1S/C12H13ClFNO2/c13-6-12(3-4-12)7-15-11(17)9-2-1-8(16)5-10(9)14/h1-2,5,16H,3-4,6-7H2,(H,15,17). The molecule has 0 heterocycles. The number of nitrogens with one attached hydrogen (secondary N) is 1. The molecule has 0 atom stereocenters. The molecule has 0 aliphatic heterocycles. The molecule has 0 aromatic heterocycles. The molecule has 2 N–H and O–H groups in total. The number of halogens is 2. The molecule has 1 saturated carbocycles. The average Bonchev–Trinajstić information content (AvgIpc) is 3.07. The maximum atomic E-state index is 13.4. The van der Waals surface area contributed by atoms with Crippen molar-refractivity contribution in [2.75, 3.05) is 12.4 Å². The van der Waals surface area contributed by atoms with Gasteiger partial charge in [0.25, 0.3) is 5.91 Å². The Morgan fingerprint density at radius 1 is 1.53 bits per heavy atom. The van der Waals surface area contributed by atoms with Crippen LogP contribution < -0.4 is 5.32 Å². The average molecular weight is 258 g/mol. The minimum atomic E-state index is -0.724. The third-order valence-corrected chi connectivity index (χ3v) is 3.63. The van der Waals surface area contributed by atoms with E-state index in [0.717, 1.165) is 18.9 Å². The van der Waals surface area contributed by atoms with Crippen LogP contribution in [0.2, 0.25) is 0 Å². The summed E-state index contributed by atoms with van der Waals surface area (Å²) in [5.74, 6) is -0.888. The van der Waals surface area contributed by atoms with Crippen LogP contribution in [0.4, 0.5) is 4.39 Å². The number of amides is 1. The second kappa shape index (κ2) is 4.53. The first-order valence-corrected chi connectivity index (χ1v) is 5.92. The first kappa shape index (κ1) is 12.2. The van der Waals surface area contributed by atoms with Crippen molar-refractivity contribution < 1.29 is 14.3 Å². The molecule has 2 rings (SSSR count). The molecule has 5 heteroatoms. The Kier molecular flexibility index (Phi) is 3.24. The van der Waals surface area contributed by atoms with Crippen LogP contribution in [0, 0.1) is 11.2 Å². The van der Waals surface area contributed by atoms with Gasteiger partial charge >= 0.3 is 0 Å². The molecule has 1 amide bonds. The van der Waals surface area contributed by atoms with Crippen LogP contribution in [0.1, 0.15) is 23.2 Å². The number of carbonyl (C=O) groups excluding carboxylic acids is 1. The van der Waals surface area contributed by atoms with E-state index in [1.54, 1.807) is 0 Å². The third kappa shape index (κ3) is 2.69. The van der Waals surface area contributed by atoms with E-state index in [1.165, 1.54) is 12.1 Å². The molecule has 1 aromatic rings. The Morgan fingerprint density at radius 2 is 2.24 bits per heavy atom. The summed E-state index contributed by atoms with van der Waals surface area (Å²) in [6.45, 7) is 0.468. The highest BCUT2D eigenvalue weighted by Gasteiger charge is 2.41. The highest BCUT2D eigenvalue weighted by Crippen LogP contribution is 2.45. The van der Waals surface area contributed by atoms with Crippen LogP contribution in [0.3, 0.4) is 0 Å². The van der Waals surface area contributed by atoms with E-state index < -0.39 is 11.7 Å². The smallest absolute Gasteiger partial charge is 0.254 e. The molecule has 1 fully saturated rings. The van der Waals surface area contributed by atoms with Gasteiger partial charge in [0.1, 0.15) is 11.6 Å². The molecule has 1 aromatic carbocycles. The van der Waals surface area contributed by atoms with Gasteiger partial charge in [0.15, 0.2) is 0 Å². The Labute approximate surface area is 104 Å². The zero-order valence-corrected chi connectivity index (χ0v) is 9.93. The van der Waals surface area contributed by atoms with Crippen LogP contribution in [-0.4, -0.2) is 23.4 Å². The van der Waals surface area contributed by atoms with Crippen molar-refractivity contribution in [3.05, 3.63) is 29.6 Å². The van der Waals surface area contributed by atoms with Crippen molar-refractivity contribution in [3.8, 4) is 5.75 Å². The summed E-state index contributed by atoms with van der Waals surface area (Å²) >= 11 is 5.78. The predicted molar refractivity (Wildman–Crippen MR) is 62.8 cm³/mol. The van der Waals surface area contributed by atoms with E-state index in [4.69, 9.17) is 16.7 Å². The monoisotopic (exact) mass is 257 g/mol. The van der Waals surface area contributed by atoms with Gasteiger partial charge in [-0.3, -0.25) is 4.79 Å². The van der Waals surface area contributed by atoms with Crippen molar-refractivity contribution in [2.45, 2.75) is 12.8 Å². The first-order valence-electron chi connectivity index (χ1n) is 5.39. The lowest BCUT2D eigenvalue weighted by molar-refractivity contribution is 0.0942. The molecule has 3 nitrogen and oxygen atoms in total. The first-order chi connectivity index (χ1) is 8.06. The number of aromatic hydroxyl groups is 1.